The van der Waals surface area contributed by atoms with Crippen LogP contribution in [0.5, 0.6) is 0 Å². The first-order valence-electron chi connectivity index (χ1n) is 3.59. The minimum absolute atomic E-state index is 0.969. The second kappa shape index (κ2) is 4.98. The minimum Gasteiger partial charge on any atom is -0.262 e. The lowest BCUT2D eigenvalue weighted by molar-refractivity contribution is 1.09. The zero-order valence-electron chi connectivity index (χ0n) is 7.02. The summed E-state index contributed by atoms with van der Waals surface area (Å²) in [6.07, 6.45) is 4.74. The van der Waals surface area contributed by atoms with Crippen LogP contribution in [0.1, 0.15) is 27.2 Å². The van der Waals surface area contributed by atoms with Crippen LogP contribution in [-0.4, -0.2) is 6.21 Å². The Bertz CT molecular complexity index is 164. The fraction of sp³-hybridized carbons (Fsp3) is 0.444. The van der Waals surface area contributed by atoms with Crippen molar-refractivity contribution in [1.29, 1.82) is 0 Å². The minimum atomic E-state index is 0.969. The van der Waals surface area contributed by atoms with Crippen molar-refractivity contribution in [3.8, 4) is 0 Å². The van der Waals surface area contributed by atoms with E-state index in [4.69, 9.17) is 0 Å². The molecule has 0 aromatic carbocycles. The van der Waals surface area contributed by atoms with E-state index in [0.717, 1.165) is 17.7 Å². The monoisotopic (exact) mass is 137 g/mol. The van der Waals surface area contributed by atoms with E-state index < -0.39 is 0 Å². The van der Waals surface area contributed by atoms with Crippen LogP contribution in [0.4, 0.5) is 0 Å². The molecule has 0 heterocycles. The molecule has 0 aromatic heterocycles. The summed E-state index contributed by atoms with van der Waals surface area (Å²) in [5.74, 6) is 0. The molecule has 56 valence electrons. The highest BCUT2D eigenvalue weighted by molar-refractivity contribution is 5.56. The Morgan fingerprint density at radius 2 is 2.10 bits per heavy atom. The van der Waals surface area contributed by atoms with Crippen molar-refractivity contribution in [1.82, 2.24) is 0 Å². The number of nitrogens with zero attached hydrogens (tertiary/aromatic N) is 1. The van der Waals surface area contributed by atoms with Gasteiger partial charge in [-0.15, -0.1) is 0 Å². The van der Waals surface area contributed by atoms with Crippen molar-refractivity contribution >= 4 is 6.21 Å². The Hall–Kier alpha value is -0.850. The zero-order chi connectivity index (χ0) is 7.98. The van der Waals surface area contributed by atoms with Crippen molar-refractivity contribution < 1.29 is 0 Å². The van der Waals surface area contributed by atoms with Gasteiger partial charge in [0.05, 0.1) is 5.70 Å². The van der Waals surface area contributed by atoms with Gasteiger partial charge in [0.1, 0.15) is 0 Å². The Labute approximate surface area is 63.2 Å². The molecule has 0 saturated heterocycles. The third kappa shape index (κ3) is 2.62. The number of aliphatic imine (C=N–C) groups is 1. The summed E-state index contributed by atoms with van der Waals surface area (Å²) >= 11 is 0. The average Bonchev–Trinajstić information content (AvgIpc) is 1.99. The number of rotatable bonds is 3. The normalized spacial score (nSPS) is 12.5. The van der Waals surface area contributed by atoms with E-state index >= 15 is 0 Å². The van der Waals surface area contributed by atoms with Gasteiger partial charge in [-0.1, -0.05) is 19.6 Å². The van der Waals surface area contributed by atoms with Gasteiger partial charge < -0.3 is 0 Å². The molecule has 0 aliphatic heterocycles. The summed E-state index contributed by atoms with van der Waals surface area (Å²) < 4.78 is 0. The number of hydrogen-bond acceptors (Lipinski definition) is 1. The molecule has 0 unspecified atom stereocenters. The first-order valence-corrected chi connectivity index (χ1v) is 3.59. The summed E-state index contributed by atoms with van der Waals surface area (Å²) in [4.78, 5) is 4.15. The van der Waals surface area contributed by atoms with Crippen molar-refractivity contribution in [2.45, 2.75) is 27.2 Å². The van der Waals surface area contributed by atoms with Gasteiger partial charge >= 0.3 is 0 Å². The van der Waals surface area contributed by atoms with Gasteiger partial charge in [0.15, 0.2) is 0 Å². The van der Waals surface area contributed by atoms with E-state index in [-0.39, 0.29) is 0 Å². The van der Waals surface area contributed by atoms with Gasteiger partial charge in [0.25, 0.3) is 0 Å². The summed E-state index contributed by atoms with van der Waals surface area (Å²) in [6, 6.07) is 0. The molecule has 10 heavy (non-hydrogen) atoms. The standard InChI is InChI=1S/C9H15N/c1-5-8(4)9(6-2)10-7-3/h6-7H,4-5H2,1-3H3/b9-6-,10-7-. The van der Waals surface area contributed by atoms with Gasteiger partial charge in [0.2, 0.25) is 0 Å². The first-order chi connectivity index (χ1) is 4.76. The topological polar surface area (TPSA) is 12.4 Å². The lowest BCUT2D eigenvalue weighted by atomic mass is 10.2. The highest BCUT2D eigenvalue weighted by Gasteiger charge is 1.93. The Morgan fingerprint density at radius 1 is 1.50 bits per heavy atom. The summed E-state index contributed by atoms with van der Waals surface area (Å²) in [5.41, 5.74) is 2.10. The number of allylic oxidation sites excluding steroid dienone is 2. The molecular weight excluding hydrogens is 122 g/mol. The highest BCUT2D eigenvalue weighted by atomic mass is 14.7. The predicted molar refractivity (Wildman–Crippen MR) is 47.4 cm³/mol. The molecular formula is C9H15N. The maximum Gasteiger partial charge on any atom is 0.0608 e. The van der Waals surface area contributed by atoms with Crippen LogP contribution < -0.4 is 0 Å². The molecule has 1 heteroatoms. The fourth-order valence-electron chi connectivity index (χ4n) is 0.690. The maximum atomic E-state index is 4.15. The second-order valence-corrected chi connectivity index (χ2v) is 2.02. The maximum absolute atomic E-state index is 4.15. The molecule has 0 fully saturated rings. The van der Waals surface area contributed by atoms with Crippen LogP contribution in [0.25, 0.3) is 0 Å². The largest absolute Gasteiger partial charge is 0.262 e. The van der Waals surface area contributed by atoms with E-state index in [1.54, 1.807) is 6.21 Å². The Morgan fingerprint density at radius 3 is 2.40 bits per heavy atom. The second-order valence-electron chi connectivity index (χ2n) is 2.02. The molecule has 0 aliphatic rings. The molecule has 0 atom stereocenters. The highest BCUT2D eigenvalue weighted by Crippen LogP contribution is 2.11. The van der Waals surface area contributed by atoms with Crippen LogP contribution in [0.3, 0.4) is 0 Å². The zero-order valence-corrected chi connectivity index (χ0v) is 7.02. The fourth-order valence-corrected chi connectivity index (χ4v) is 0.690. The molecule has 0 amide bonds. The van der Waals surface area contributed by atoms with Crippen LogP contribution in [0, 0.1) is 0 Å². The summed E-state index contributed by atoms with van der Waals surface area (Å²) in [7, 11) is 0. The van der Waals surface area contributed by atoms with E-state index in [1.807, 2.05) is 19.9 Å². The lowest BCUT2D eigenvalue weighted by Gasteiger charge is -1.99. The van der Waals surface area contributed by atoms with E-state index in [1.165, 1.54) is 0 Å². The predicted octanol–water partition coefficient (Wildman–Crippen LogP) is 2.95. The SMILES string of the molecule is C=C(CC)C(=C/C)/N=C\C. The molecule has 0 radical (unpaired) electrons. The van der Waals surface area contributed by atoms with Gasteiger partial charge in [0, 0.05) is 6.21 Å². The lowest BCUT2D eigenvalue weighted by Crippen LogP contribution is -1.82. The summed E-state index contributed by atoms with van der Waals surface area (Å²) in [5, 5.41) is 0. The molecule has 0 N–H and O–H groups in total. The van der Waals surface area contributed by atoms with E-state index in [0.29, 0.717) is 0 Å². The smallest absolute Gasteiger partial charge is 0.0608 e. The van der Waals surface area contributed by atoms with Gasteiger partial charge in [-0.2, -0.15) is 0 Å². The van der Waals surface area contributed by atoms with Gasteiger partial charge in [-0.25, -0.2) is 0 Å². The van der Waals surface area contributed by atoms with Crippen molar-refractivity contribution in [3.63, 3.8) is 0 Å². The van der Waals surface area contributed by atoms with Crippen molar-refractivity contribution in [3.05, 3.63) is 23.9 Å². The third-order valence-electron chi connectivity index (χ3n) is 1.33. The third-order valence-corrected chi connectivity index (χ3v) is 1.33. The van der Waals surface area contributed by atoms with Crippen LogP contribution in [-0.2, 0) is 0 Å². The molecule has 0 saturated carbocycles. The van der Waals surface area contributed by atoms with Crippen LogP contribution in [0.2, 0.25) is 0 Å². The number of hydrogen-bond donors (Lipinski definition) is 0. The van der Waals surface area contributed by atoms with Gasteiger partial charge in [-0.05, 0) is 25.8 Å². The first kappa shape index (κ1) is 9.15. The van der Waals surface area contributed by atoms with Crippen molar-refractivity contribution in [2.75, 3.05) is 0 Å². The summed E-state index contributed by atoms with van der Waals surface area (Å²) in [6.45, 7) is 9.85. The Kier molecular flexibility index (Phi) is 4.55. The van der Waals surface area contributed by atoms with E-state index in [9.17, 15) is 0 Å². The van der Waals surface area contributed by atoms with Crippen molar-refractivity contribution in [2.24, 2.45) is 4.99 Å². The molecule has 0 aliphatic carbocycles. The van der Waals surface area contributed by atoms with Crippen LogP contribution in [0.15, 0.2) is 28.9 Å². The van der Waals surface area contributed by atoms with E-state index in [2.05, 4.69) is 18.5 Å². The molecule has 0 bridgehead atoms. The molecule has 0 spiro atoms. The molecule has 0 aromatic rings. The molecule has 0 rings (SSSR count). The Balaban J connectivity index is 4.23. The average molecular weight is 137 g/mol. The molecule has 1 nitrogen and oxygen atoms in total. The quantitative estimate of drug-likeness (QED) is 0.419. The van der Waals surface area contributed by atoms with Crippen LogP contribution >= 0.6 is 0 Å². The van der Waals surface area contributed by atoms with Gasteiger partial charge in [-0.3, -0.25) is 4.99 Å².